The minimum Gasteiger partial charge on any atom is -0.480 e. The maximum absolute atomic E-state index is 10.4. The van der Waals surface area contributed by atoms with E-state index in [1.807, 2.05) is 0 Å². The van der Waals surface area contributed by atoms with E-state index >= 15 is 0 Å². The van der Waals surface area contributed by atoms with Gasteiger partial charge in [0.15, 0.2) is 6.04 Å². The van der Waals surface area contributed by atoms with E-state index in [1.54, 1.807) is 0 Å². The number of carbonyl (C=O) groups is 1. The van der Waals surface area contributed by atoms with Crippen molar-refractivity contribution in [2.24, 2.45) is 0 Å². The molecule has 2 unspecified atom stereocenters. The Labute approximate surface area is 75.0 Å². The Hall–Kier alpha value is -0.330. The molecule has 0 spiro atoms. The van der Waals surface area contributed by atoms with Crippen LogP contribution >= 0.6 is 24.8 Å². The first-order valence-electron chi connectivity index (χ1n) is 2.85. The van der Waals surface area contributed by atoms with Crippen molar-refractivity contribution in [2.75, 3.05) is 0 Å². The van der Waals surface area contributed by atoms with Crippen LogP contribution in [-0.4, -0.2) is 32.6 Å². The van der Waals surface area contributed by atoms with E-state index in [9.17, 15) is 4.79 Å². The summed E-state index contributed by atoms with van der Waals surface area (Å²) in [5, 5.41) is 19.7. The van der Waals surface area contributed by atoms with E-state index < -0.39 is 18.1 Å². The zero-order valence-corrected chi connectivity index (χ0v) is 7.52. The standard InChI is InChI=1S/C5H9NO3S2/c1-2(7)3(4(8)9)6-5(10)11/h2-3,7H,1H3,(H,8,9)(H2,6,10,11). The molecule has 0 radical (unpaired) electrons. The summed E-state index contributed by atoms with van der Waals surface area (Å²) in [6.45, 7) is 1.36. The van der Waals surface area contributed by atoms with Gasteiger partial charge in [-0.05, 0) is 6.92 Å². The van der Waals surface area contributed by atoms with Crippen LogP contribution in [0.25, 0.3) is 0 Å². The summed E-state index contributed by atoms with van der Waals surface area (Å²) in [6, 6.07) is -1.08. The maximum atomic E-state index is 10.4. The van der Waals surface area contributed by atoms with Crippen molar-refractivity contribution in [3.63, 3.8) is 0 Å². The Morgan fingerprint density at radius 1 is 1.73 bits per heavy atom. The van der Waals surface area contributed by atoms with Crippen LogP contribution in [0.1, 0.15) is 6.92 Å². The average Bonchev–Trinajstić information content (AvgIpc) is 1.81. The number of thiol groups is 1. The molecule has 6 heteroatoms. The molecular formula is C5H9NO3S2. The zero-order chi connectivity index (χ0) is 9.02. The van der Waals surface area contributed by atoms with Gasteiger partial charge in [-0.15, -0.1) is 12.6 Å². The Balaban J connectivity index is 4.12. The summed E-state index contributed by atoms with van der Waals surface area (Å²) in [7, 11) is 0. The third kappa shape index (κ3) is 4.18. The van der Waals surface area contributed by atoms with Crippen molar-refractivity contribution < 1.29 is 15.0 Å². The fourth-order valence-electron chi connectivity index (χ4n) is 0.522. The highest BCUT2D eigenvalue weighted by Gasteiger charge is 2.22. The summed E-state index contributed by atoms with van der Waals surface area (Å²) >= 11 is 8.16. The lowest BCUT2D eigenvalue weighted by molar-refractivity contribution is -0.141. The van der Waals surface area contributed by atoms with Crippen molar-refractivity contribution in [2.45, 2.75) is 19.1 Å². The van der Waals surface area contributed by atoms with Crippen LogP contribution < -0.4 is 5.32 Å². The molecule has 64 valence electrons. The van der Waals surface area contributed by atoms with Gasteiger partial charge in [-0.1, -0.05) is 12.2 Å². The van der Waals surface area contributed by atoms with Crippen LogP contribution in [0.4, 0.5) is 0 Å². The molecule has 0 saturated heterocycles. The molecule has 0 aromatic heterocycles. The molecule has 0 fully saturated rings. The highest BCUT2D eigenvalue weighted by atomic mass is 32.1. The number of thiocarbonyl (C=S) groups is 1. The predicted octanol–water partition coefficient (Wildman–Crippen LogP) is -0.375. The molecule has 0 saturated carbocycles. The van der Waals surface area contributed by atoms with Gasteiger partial charge in [0.2, 0.25) is 0 Å². The van der Waals surface area contributed by atoms with Crippen LogP contribution in [-0.2, 0) is 4.79 Å². The minimum atomic E-state index is -1.16. The van der Waals surface area contributed by atoms with E-state index in [0.717, 1.165) is 0 Å². The average molecular weight is 195 g/mol. The SMILES string of the molecule is CC(O)C(NC(=S)S)C(=O)O. The monoisotopic (exact) mass is 195 g/mol. The largest absolute Gasteiger partial charge is 0.480 e. The van der Waals surface area contributed by atoms with Crippen LogP contribution in [0, 0.1) is 0 Å². The van der Waals surface area contributed by atoms with Gasteiger partial charge in [0.25, 0.3) is 0 Å². The molecule has 0 aliphatic carbocycles. The van der Waals surface area contributed by atoms with Gasteiger partial charge in [0.05, 0.1) is 6.10 Å². The number of aliphatic carboxylic acids is 1. The van der Waals surface area contributed by atoms with Crippen LogP contribution in [0.5, 0.6) is 0 Å². The molecule has 0 aromatic carbocycles. The Morgan fingerprint density at radius 3 is 2.27 bits per heavy atom. The second-order valence-electron chi connectivity index (χ2n) is 2.01. The lowest BCUT2D eigenvalue weighted by Gasteiger charge is -2.16. The number of hydrogen-bond acceptors (Lipinski definition) is 3. The van der Waals surface area contributed by atoms with Gasteiger partial charge in [-0.2, -0.15) is 0 Å². The molecule has 11 heavy (non-hydrogen) atoms. The molecule has 2 atom stereocenters. The first kappa shape index (κ1) is 10.7. The Morgan fingerprint density at radius 2 is 2.18 bits per heavy atom. The van der Waals surface area contributed by atoms with Gasteiger partial charge in [0.1, 0.15) is 4.32 Å². The fourth-order valence-corrected chi connectivity index (χ4v) is 0.788. The highest BCUT2D eigenvalue weighted by molar-refractivity contribution is 8.11. The lowest BCUT2D eigenvalue weighted by atomic mass is 10.2. The van der Waals surface area contributed by atoms with Crippen LogP contribution in [0.3, 0.4) is 0 Å². The number of aliphatic hydroxyl groups excluding tert-OH is 1. The third-order valence-corrected chi connectivity index (χ3v) is 1.27. The van der Waals surface area contributed by atoms with E-state index in [-0.39, 0.29) is 4.32 Å². The highest BCUT2D eigenvalue weighted by Crippen LogP contribution is 1.94. The van der Waals surface area contributed by atoms with Crippen molar-refractivity contribution in [1.29, 1.82) is 0 Å². The molecule has 0 rings (SSSR count). The maximum Gasteiger partial charge on any atom is 0.328 e. The lowest BCUT2D eigenvalue weighted by Crippen LogP contribution is -2.45. The van der Waals surface area contributed by atoms with E-state index in [4.69, 9.17) is 10.2 Å². The number of aliphatic hydroxyl groups is 1. The van der Waals surface area contributed by atoms with Gasteiger partial charge >= 0.3 is 5.97 Å². The van der Waals surface area contributed by atoms with Crippen LogP contribution in [0.15, 0.2) is 0 Å². The first-order chi connectivity index (χ1) is 4.95. The first-order valence-corrected chi connectivity index (χ1v) is 3.71. The topological polar surface area (TPSA) is 69.6 Å². The van der Waals surface area contributed by atoms with E-state index in [0.29, 0.717) is 0 Å². The van der Waals surface area contributed by atoms with Gasteiger partial charge in [-0.25, -0.2) is 4.79 Å². The third-order valence-electron chi connectivity index (χ3n) is 1.03. The number of rotatable bonds is 3. The number of carboxylic acid groups (broad SMARTS) is 1. The summed E-state index contributed by atoms with van der Waals surface area (Å²) in [6.07, 6.45) is -1.00. The summed E-state index contributed by atoms with van der Waals surface area (Å²) in [5.41, 5.74) is 0. The minimum absolute atomic E-state index is 0.0540. The quantitative estimate of drug-likeness (QED) is 0.365. The second kappa shape index (κ2) is 4.53. The summed E-state index contributed by atoms with van der Waals surface area (Å²) in [5.74, 6) is -1.16. The molecule has 0 aromatic rings. The van der Waals surface area contributed by atoms with E-state index in [1.165, 1.54) is 6.92 Å². The Bertz CT molecular complexity index is 171. The second-order valence-corrected chi connectivity index (χ2v) is 3.16. The van der Waals surface area contributed by atoms with Crippen molar-refractivity contribution in [1.82, 2.24) is 5.32 Å². The molecule has 0 amide bonds. The molecule has 0 heterocycles. The summed E-state index contributed by atoms with van der Waals surface area (Å²) in [4.78, 5) is 10.4. The van der Waals surface area contributed by atoms with Gasteiger partial charge in [-0.3, -0.25) is 0 Å². The number of nitrogens with one attached hydrogen (secondary N) is 1. The molecule has 0 aliphatic heterocycles. The number of hydrogen-bond donors (Lipinski definition) is 4. The molecule has 3 N–H and O–H groups in total. The van der Waals surface area contributed by atoms with Crippen molar-refractivity contribution in [3.8, 4) is 0 Å². The molecule has 0 bridgehead atoms. The van der Waals surface area contributed by atoms with Crippen molar-refractivity contribution in [3.05, 3.63) is 0 Å². The summed E-state index contributed by atoms with van der Waals surface area (Å²) < 4.78 is 0.0540. The molecule has 0 aliphatic rings. The predicted molar refractivity (Wildman–Crippen MR) is 47.8 cm³/mol. The van der Waals surface area contributed by atoms with Gasteiger partial charge in [0, 0.05) is 0 Å². The molecule has 4 nitrogen and oxygen atoms in total. The van der Waals surface area contributed by atoms with Crippen molar-refractivity contribution >= 4 is 35.1 Å². The zero-order valence-electron chi connectivity index (χ0n) is 5.81. The fraction of sp³-hybridized carbons (Fsp3) is 0.600. The van der Waals surface area contributed by atoms with Gasteiger partial charge < -0.3 is 15.5 Å². The molecular weight excluding hydrogens is 186 g/mol. The Kier molecular flexibility index (Phi) is 4.39. The van der Waals surface area contributed by atoms with E-state index in [2.05, 4.69) is 30.2 Å². The van der Waals surface area contributed by atoms with Crippen LogP contribution in [0.2, 0.25) is 0 Å². The smallest absolute Gasteiger partial charge is 0.328 e. The number of carboxylic acids is 1. The normalized spacial score (nSPS) is 15.2.